The highest BCUT2D eigenvalue weighted by Gasteiger charge is 2.21. The molecule has 0 saturated heterocycles. The summed E-state index contributed by atoms with van der Waals surface area (Å²) >= 11 is 0. The Bertz CT molecular complexity index is 1080. The van der Waals surface area contributed by atoms with E-state index in [1.807, 2.05) is 33.3 Å². The maximum absolute atomic E-state index is 12.6. The summed E-state index contributed by atoms with van der Waals surface area (Å²) in [5, 5.41) is 11.6. The number of carboxylic acid groups (broad SMARTS) is 1. The second-order valence-corrected chi connectivity index (χ2v) is 13.8. The minimum atomic E-state index is -1.65. The molecule has 0 saturated carbocycles. The van der Waals surface area contributed by atoms with Gasteiger partial charge in [0.15, 0.2) is 12.4 Å². The van der Waals surface area contributed by atoms with Crippen molar-refractivity contribution in [2.45, 2.75) is 135 Å². The Morgan fingerprint density at radius 2 is 1.15 bits per heavy atom. The Kier molecular flexibility index (Phi) is 32.6. The van der Waals surface area contributed by atoms with Crippen LogP contribution >= 0.6 is 0 Å². The number of carboxylic acids is 1. The van der Waals surface area contributed by atoms with E-state index in [0.29, 0.717) is 23.9 Å². The molecule has 0 heterocycles. The van der Waals surface area contributed by atoms with Gasteiger partial charge in [0.05, 0.1) is 46.7 Å². The Balaban J connectivity index is 4.71. The molecular formula is C43H71NO8. The van der Waals surface area contributed by atoms with Gasteiger partial charge in [0, 0.05) is 6.42 Å². The number of allylic oxidation sites excluding steroid dienone is 11. The third-order valence-corrected chi connectivity index (χ3v) is 7.72. The van der Waals surface area contributed by atoms with Crippen LogP contribution < -0.4 is 5.11 Å². The van der Waals surface area contributed by atoms with Crippen LogP contribution in [0.3, 0.4) is 0 Å². The Hall–Kier alpha value is -3.27. The van der Waals surface area contributed by atoms with E-state index in [0.717, 1.165) is 64.2 Å². The molecule has 9 nitrogen and oxygen atoms in total. The van der Waals surface area contributed by atoms with E-state index in [2.05, 4.69) is 68.5 Å². The summed E-state index contributed by atoms with van der Waals surface area (Å²) in [4.78, 5) is 36.7. The summed E-state index contributed by atoms with van der Waals surface area (Å²) in [5.41, 5.74) is 0. The number of hydrogen-bond donors (Lipinski definition) is 0. The number of aliphatic carboxylic acids is 1. The number of esters is 2. The molecule has 52 heavy (non-hydrogen) atoms. The zero-order valence-electron chi connectivity index (χ0n) is 33.1. The predicted molar refractivity (Wildman–Crippen MR) is 209 cm³/mol. The lowest BCUT2D eigenvalue weighted by atomic mass is 10.1. The first-order valence-corrected chi connectivity index (χ1v) is 19.6. The minimum Gasteiger partial charge on any atom is -0.545 e. The van der Waals surface area contributed by atoms with Gasteiger partial charge in [-0.15, -0.1) is 0 Å². The quantitative estimate of drug-likeness (QED) is 0.0214. The van der Waals surface area contributed by atoms with E-state index in [1.54, 1.807) is 6.08 Å². The highest BCUT2D eigenvalue weighted by atomic mass is 16.7. The molecule has 0 amide bonds. The number of quaternary nitrogens is 1. The molecule has 0 radical (unpaired) electrons. The van der Waals surface area contributed by atoms with Crippen molar-refractivity contribution in [3.8, 4) is 0 Å². The lowest BCUT2D eigenvalue weighted by Gasteiger charge is -2.26. The molecule has 0 fully saturated rings. The summed E-state index contributed by atoms with van der Waals surface area (Å²) in [5.74, 6) is -2.48. The highest BCUT2D eigenvalue weighted by molar-refractivity contribution is 5.71. The molecule has 0 aromatic carbocycles. The first kappa shape index (κ1) is 48.7. The fourth-order valence-electron chi connectivity index (χ4n) is 4.66. The lowest BCUT2D eigenvalue weighted by molar-refractivity contribution is -0.870. The van der Waals surface area contributed by atoms with Crippen LogP contribution in [0.4, 0.5) is 0 Å². The van der Waals surface area contributed by atoms with Gasteiger partial charge in [0.1, 0.15) is 13.2 Å². The van der Waals surface area contributed by atoms with E-state index < -0.39 is 30.3 Å². The average molecular weight is 730 g/mol. The number of rotatable bonds is 34. The minimum absolute atomic E-state index is 0.0104. The van der Waals surface area contributed by atoms with E-state index in [-0.39, 0.29) is 32.7 Å². The van der Waals surface area contributed by atoms with Gasteiger partial charge in [-0.25, -0.2) is 0 Å². The summed E-state index contributed by atoms with van der Waals surface area (Å²) in [7, 11) is 5.86. The van der Waals surface area contributed by atoms with Crippen molar-refractivity contribution in [3.05, 3.63) is 72.9 Å². The lowest BCUT2D eigenvalue weighted by Crippen LogP contribution is -2.44. The van der Waals surface area contributed by atoms with E-state index in [4.69, 9.17) is 18.9 Å². The number of nitrogens with zero attached hydrogens (tertiary/aromatic N) is 1. The second-order valence-electron chi connectivity index (χ2n) is 13.8. The van der Waals surface area contributed by atoms with Crippen LogP contribution in [0.5, 0.6) is 0 Å². The van der Waals surface area contributed by atoms with Crippen molar-refractivity contribution in [3.63, 3.8) is 0 Å². The van der Waals surface area contributed by atoms with Crippen LogP contribution in [0.25, 0.3) is 0 Å². The molecule has 296 valence electrons. The van der Waals surface area contributed by atoms with Gasteiger partial charge < -0.3 is 33.3 Å². The molecule has 2 atom stereocenters. The average Bonchev–Trinajstić information content (AvgIpc) is 3.09. The van der Waals surface area contributed by atoms with Gasteiger partial charge in [0.2, 0.25) is 0 Å². The first-order valence-electron chi connectivity index (χ1n) is 19.6. The fourth-order valence-corrected chi connectivity index (χ4v) is 4.66. The fraction of sp³-hybridized carbons (Fsp3) is 0.651. The normalized spacial score (nSPS) is 13.8. The van der Waals surface area contributed by atoms with Crippen LogP contribution in [0.2, 0.25) is 0 Å². The van der Waals surface area contributed by atoms with Gasteiger partial charge in [-0.1, -0.05) is 119 Å². The van der Waals surface area contributed by atoms with Crippen molar-refractivity contribution >= 4 is 17.9 Å². The maximum Gasteiger partial charge on any atom is 0.310 e. The maximum atomic E-state index is 12.6. The van der Waals surface area contributed by atoms with Crippen molar-refractivity contribution in [1.82, 2.24) is 0 Å². The molecule has 0 aliphatic rings. The number of ether oxygens (including phenoxy) is 4. The number of unbranched alkanes of at least 4 members (excludes halogenated alkanes) is 8. The SMILES string of the molecule is CC/C=C\C/C=C\C/C=C\C/C=C\C/C=C\CC(=O)OC(COC(=O)CCCCCCC/C=C\CCCCC)COC(OCC[N+](C)(C)C)C(=O)[O-]. The molecule has 9 heteroatoms. The first-order chi connectivity index (χ1) is 25.1. The standard InChI is InChI=1S/C43H71NO8/c1-6-8-10-12-14-16-18-20-21-22-24-26-28-30-32-34-41(46)52-39(38-51-43(42(47)48)49-36-35-44(3,4)5)37-50-40(45)33-31-29-27-25-23-19-17-15-13-11-9-7-2/h8,10,14-17,20-21,24,26,30,32,39,43H,6-7,9,11-13,18-19,22-23,25,27-29,31,33-38H2,1-5H3/b10-8-,16-14-,17-15-,21-20-,26-24-,32-30-. The van der Waals surface area contributed by atoms with E-state index in [9.17, 15) is 19.5 Å². The number of hydrogen-bond acceptors (Lipinski definition) is 8. The second kappa shape index (κ2) is 34.8. The van der Waals surface area contributed by atoms with Crippen LogP contribution in [0.1, 0.15) is 123 Å². The third kappa shape index (κ3) is 35.1. The van der Waals surface area contributed by atoms with E-state index >= 15 is 0 Å². The van der Waals surface area contributed by atoms with Gasteiger partial charge in [-0.05, 0) is 64.2 Å². The molecule has 0 aliphatic heterocycles. The van der Waals surface area contributed by atoms with Crippen molar-refractivity contribution in [2.75, 3.05) is 47.5 Å². The van der Waals surface area contributed by atoms with Crippen LogP contribution in [0.15, 0.2) is 72.9 Å². The highest BCUT2D eigenvalue weighted by Crippen LogP contribution is 2.10. The molecule has 0 aromatic heterocycles. The summed E-state index contributed by atoms with van der Waals surface area (Å²) in [6.07, 6.45) is 38.2. The predicted octanol–water partition coefficient (Wildman–Crippen LogP) is 8.27. The van der Waals surface area contributed by atoms with Crippen molar-refractivity contribution < 1.29 is 42.9 Å². The summed E-state index contributed by atoms with van der Waals surface area (Å²) in [6, 6.07) is 0. The molecule has 0 N–H and O–H groups in total. The van der Waals surface area contributed by atoms with Gasteiger partial charge in [-0.3, -0.25) is 9.59 Å². The largest absolute Gasteiger partial charge is 0.545 e. The molecule has 0 aliphatic carbocycles. The zero-order valence-corrected chi connectivity index (χ0v) is 33.1. The van der Waals surface area contributed by atoms with Crippen molar-refractivity contribution in [2.24, 2.45) is 0 Å². The molecule has 2 unspecified atom stereocenters. The van der Waals surface area contributed by atoms with E-state index in [1.165, 1.54) is 19.3 Å². The van der Waals surface area contributed by atoms with Crippen LogP contribution in [-0.4, -0.2) is 82.3 Å². The van der Waals surface area contributed by atoms with Crippen molar-refractivity contribution in [1.29, 1.82) is 0 Å². The molecule has 0 rings (SSSR count). The summed E-state index contributed by atoms with van der Waals surface area (Å²) in [6.45, 7) is 4.43. The Morgan fingerprint density at radius 3 is 1.71 bits per heavy atom. The third-order valence-electron chi connectivity index (χ3n) is 7.72. The topological polar surface area (TPSA) is 111 Å². The zero-order chi connectivity index (χ0) is 38.5. The van der Waals surface area contributed by atoms with Gasteiger partial charge in [0.25, 0.3) is 0 Å². The van der Waals surface area contributed by atoms with Gasteiger partial charge >= 0.3 is 11.9 Å². The molecule has 0 bridgehead atoms. The van der Waals surface area contributed by atoms with Gasteiger partial charge in [-0.2, -0.15) is 0 Å². The van der Waals surface area contributed by atoms with Crippen LogP contribution in [0, 0.1) is 0 Å². The smallest absolute Gasteiger partial charge is 0.310 e. The van der Waals surface area contributed by atoms with Crippen LogP contribution in [-0.2, 0) is 33.3 Å². The number of carbonyl (C=O) groups excluding carboxylic acids is 3. The molecular weight excluding hydrogens is 658 g/mol. The molecule has 0 aromatic rings. The Morgan fingerprint density at radius 1 is 0.615 bits per heavy atom. The monoisotopic (exact) mass is 730 g/mol. The molecule has 0 spiro atoms. The summed E-state index contributed by atoms with van der Waals surface area (Å²) < 4.78 is 22.3. The number of carbonyl (C=O) groups is 3. The Labute approximate surface area is 316 Å². The number of likely N-dealkylation sites (N-methyl/N-ethyl adjacent to an activating group) is 1.